The molecular formula is C26H28N4O3. The van der Waals surface area contributed by atoms with Gasteiger partial charge in [0.2, 0.25) is 17.6 Å². The van der Waals surface area contributed by atoms with Crippen molar-refractivity contribution in [3.8, 4) is 11.4 Å². The molecule has 7 heteroatoms. The third-order valence-electron chi connectivity index (χ3n) is 6.70. The molecule has 1 aliphatic carbocycles. The molecule has 2 heterocycles. The van der Waals surface area contributed by atoms with Crippen molar-refractivity contribution in [3.63, 3.8) is 0 Å². The molecule has 0 spiro atoms. The molecular weight excluding hydrogens is 416 g/mol. The van der Waals surface area contributed by atoms with Crippen molar-refractivity contribution >= 4 is 11.9 Å². The zero-order valence-electron chi connectivity index (χ0n) is 19.0. The van der Waals surface area contributed by atoms with Crippen LogP contribution in [0.15, 0.2) is 53.1 Å². The van der Waals surface area contributed by atoms with Crippen LogP contribution in [-0.2, 0) is 17.9 Å². The van der Waals surface area contributed by atoms with E-state index < -0.39 is 0 Å². The Morgan fingerprint density at radius 3 is 2.55 bits per heavy atom. The molecule has 170 valence electrons. The molecule has 33 heavy (non-hydrogen) atoms. The van der Waals surface area contributed by atoms with Gasteiger partial charge < -0.3 is 9.42 Å². The number of amides is 3. The van der Waals surface area contributed by atoms with E-state index in [0.29, 0.717) is 11.7 Å². The molecule has 3 aromatic rings. The van der Waals surface area contributed by atoms with Crippen molar-refractivity contribution in [2.75, 3.05) is 0 Å². The largest absolute Gasteiger partial charge is 0.337 e. The van der Waals surface area contributed by atoms with E-state index in [1.165, 1.54) is 4.90 Å². The van der Waals surface area contributed by atoms with Gasteiger partial charge in [0.25, 0.3) is 0 Å². The summed E-state index contributed by atoms with van der Waals surface area (Å²) in [4.78, 5) is 34.5. The third kappa shape index (κ3) is 4.27. The van der Waals surface area contributed by atoms with Crippen LogP contribution in [0.3, 0.4) is 0 Å². The summed E-state index contributed by atoms with van der Waals surface area (Å²) in [5, 5.41) is 4.13. The van der Waals surface area contributed by atoms with Crippen LogP contribution in [0.4, 0.5) is 4.79 Å². The molecule has 0 bridgehead atoms. The molecule has 2 unspecified atom stereocenters. The van der Waals surface area contributed by atoms with Crippen molar-refractivity contribution in [1.29, 1.82) is 0 Å². The van der Waals surface area contributed by atoms with Crippen LogP contribution in [0, 0.1) is 19.8 Å². The number of hydrogen-bond acceptors (Lipinski definition) is 5. The molecule has 2 aromatic carbocycles. The molecule has 2 atom stereocenters. The van der Waals surface area contributed by atoms with E-state index in [-0.39, 0.29) is 37.0 Å². The topological polar surface area (TPSA) is 79.5 Å². The first-order valence-corrected chi connectivity index (χ1v) is 11.6. The van der Waals surface area contributed by atoms with Crippen LogP contribution >= 0.6 is 0 Å². The number of imide groups is 1. The van der Waals surface area contributed by atoms with Crippen LogP contribution in [0.5, 0.6) is 0 Å². The summed E-state index contributed by atoms with van der Waals surface area (Å²) in [6.45, 7) is 4.51. The fraction of sp³-hybridized carbons (Fsp3) is 0.385. The molecule has 1 saturated carbocycles. The number of benzene rings is 2. The van der Waals surface area contributed by atoms with Crippen molar-refractivity contribution < 1.29 is 14.1 Å². The van der Waals surface area contributed by atoms with Crippen molar-refractivity contribution in [1.82, 2.24) is 19.9 Å². The van der Waals surface area contributed by atoms with Crippen LogP contribution < -0.4 is 0 Å². The highest BCUT2D eigenvalue weighted by Crippen LogP contribution is 2.36. The Morgan fingerprint density at radius 2 is 1.76 bits per heavy atom. The Morgan fingerprint density at radius 1 is 0.970 bits per heavy atom. The van der Waals surface area contributed by atoms with Gasteiger partial charge in [0.05, 0.1) is 12.5 Å². The maximum atomic E-state index is 13.5. The standard InChI is InChI=1S/C26H28N4O3/c1-17-10-12-19(13-11-17)15-30-25(31)21-8-3-4-9-22(21)29(26(30)32)16-23-27-24(28-33-23)20-7-5-6-18(2)14-20/h5-7,10-14,21-22H,3-4,8-9,15-16H2,1-2H3. The van der Waals surface area contributed by atoms with Gasteiger partial charge in [0.15, 0.2) is 0 Å². The molecule has 3 amide bonds. The number of aryl methyl sites for hydroxylation is 2. The first-order valence-electron chi connectivity index (χ1n) is 11.6. The van der Waals surface area contributed by atoms with Gasteiger partial charge in [-0.2, -0.15) is 4.98 Å². The minimum atomic E-state index is -0.279. The summed E-state index contributed by atoms with van der Waals surface area (Å²) in [5.41, 5.74) is 4.07. The van der Waals surface area contributed by atoms with E-state index in [1.807, 2.05) is 62.4 Å². The lowest BCUT2D eigenvalue weighted by molar-refractivity contribution is -0.141. The van der Waals surface area contributed by atoms with Crippen LogP contribution in [-0.4, -0.2) is 37.9 Å². The van der Waals surface area contributed by atoms with Crippen LogP contribution in [0.25, 0.3) is 11.4 Å². The van der Waals surface area contributed by atoms with E-state index >= 15 is 0 Å². The number of urea groups is 1. The van der Waals surface area contributed by atoms with Gasteiger partial charge in [0.1, 0.15) is 6.54 Å². The highest BCUT2D eigenvalue weighted by atomic mass is 16.5. The maximum absolute atomic E-state index is 13.5. The number of fused-ring (bicyclic) bond motifs is 1. The fourth-order valence-corrected chi connectivity index (χ4v) is 4.94. The normalized spacial score (nSPS) is 20.8. The Labute approximate surface area is 193 Å². The van der Waals surface area contributed by atoms with E-state index in [9.17, 15) is 9.59 Å². The number of hydrogen-bond donors (Lipinski definition) is 0. The van der Waals surface area contributed by atoms with Crippen LogP contribution in [0.1, 0.15) is 48.3 Å². The van der Waals surface area contributed by atoms with E-state index in [0.717, 1.165) is 47.9 Å². The number of rotatable bonds is 5. The smallest absolute Gasteiger partial charge is 0.327 e. The molecule has 0 radical (unpaired) electrons. The monoisotopic (exact) mass is 444 g/mol. The van der Waals surface area contributed by atoms with Gasteiger partial charge in [-0.3, -0.25) is 9.69 Å². The Hall–Kier alpha value is -3.48. The number of carbonyl (C=O) groups is 2. The Kier molecular flexibility index (Phi) is 5.70. The lowest BCUT2D eigenvalue weighted by Crippen LogP contribution is -2.61. The first-order chi connectivity index (χ1) is 16.0. The van der Waals surface area contributed by atoms with E-state index in [4.69, 9.17) is 4.52 Å². The zero-order chi connectivity index (χ0) is 22.9. The third-order valence-corrected chi connectivity index (χ3v) is 6.70. The predicted octanol–water partition coefficient (Wildman–Crippen LogP) is 4.88. The molecule has 7 nitrogen and oxygen atoms in total. The Balaban J connectivity index is 1.40. The van der Waals surface area contributed by atoms with Gasteiger partial charge in [0, 0.05) is 11.6 Å². The molecule has 1 aromatic heterocycles. The first kappa shape index (κ1) is 21.4. The van der Waals surface area contributed by atoms with Gasteiger partial charge in [-0.25, -0.2) is 4.79 Å². The average Bonchev–Trinajstić information content (AvgIpc) is 3.29. The SMILES string of the molecule is Cc1ccc(CN2C(=O)C3CCCCC3N(Cc3nc(-c4cccc(C)c4)no3)C2=O)cc1. The minimum absolute atomic E-state index is 0.0625. The van der Waals surface area contributed by atoms with E-state index in [1.54, 1.807) is 4.90 Å². The molecule has 2 fully saturated rings. The van der Waals surface area contributed by atoms with Gasteiger partial charge in [-0.1, -0.05) is 71.6 Å². The van der Waals surface area contributed by atoms with Crippen molar-refractivity contribution in [2.45, 2.75) is 58.7 Å². The number of nitrogens with zero attached hydrogens (tertiary/aromatic N) is 4. The summed E-state index contributed by atoms with van der Waals surface area (Å²) in [5.74, 6) is 0.647. The van der Waals surface area contributed by atoms with Gasteiger partial charge in [-0.15, -0.1) is 0 Å². The maximum Gasteiger partial charge on any atom is 0.327 e. The molecule has 1 aliphatic heterocycles. The molecule has 5 rings (SSSR count). The second-order valence-electron chi connectivity index (χ2n) is 9.16. The van der Waals surface area contributed by atoms with Crippen molar-refractivity contribution in [2.24, 2.45) is 5.92 Å². The quantitative estimate of drug-likeness (QED) is 0.561. The summed E-state index contributed by atoms with van der Waals surface area (Å²) < 4.78 is 5.52. The van der Waals surface area contributed by atoms with Gasteiger partial charge >= 0.3 is 6.03 Å². The van der Waals surface area contributed by atoms with Gasteiger partial charge in [-0.05, 0) is 38.3 Å². The molecule has 0 N–H and O–H groups in total. The summed E-state index contributed by atoms with van der Waals surface area (Å²) >= 11 is 0. The second-order valence-corrected chi connectivity index (χ2v) is 9.16. The molecule has 2 aliphatic rings. The lowest BCUT2D eigenvalue weighted by atomic mass is 9.81. The predicted molar refractivity (Wildman–Crippen MR) is 123 cm³/mol. The van der Waals surface area contributed by atoms with Crippen molar-refractivity contribution in [3.05, 3.63) is 71.1 Å². The lowest BCUT2D eigenvalue weighted by Gasteiger charge is -2.46. The minimum Gasteiger partial charge on any atom is -0.337 e. The average molecular weight is 445 g/mol. The highest BCUT2D eigenvalue weighted by molar-refractivity contribution is 5.98. The summed E-state index contributed by atoms with van der Waals surface area (Å²) in [6.07, 6.45) is 3.63. The highest BCUT2D eigenvalue weighted by Gasteiger charge is 2.47. The number of carbonyl (C=O) groups excluding carboxylic acids is 2. The summed E-state index contributed by atoms with van der Waals surface area (Å²) in [6, 6.07) is 15.4. The summed E-state index contributed by atoms with van der Waals surface area (Å²) in [7, 11) is 0. The number of aromatic nitrogens is 2. The fourth-order valence-electron chi connectivity index (χ4n) is 4.94. The second kappa shape index (κ2) is 8.81. The van der Waals surface area contributed by atoms with Crippen LogP contribution in [0.2, 0.25) is 0 Å². The Bertz CT molecular complexity index is 1170. The van der Waals surface area contributed by atoms with E-state index in [2.05, 4.69) is 10.1 Å². The molecule has 1 saturated heterocycles. The zero-order valence-corrected chi connectivity index (χ0v) is 19.0.